The zero-order chi connectivity index (χ0) is 20.2. The van der Waals surface area contributed by atoms with Gasteiger partial charge >= 0.3 is 0 Å². The van der Waals surface area contributed by atoms with Gasteiger partial charge in [0.1, 0.15) is 0 Å². The van der Waals surface area contributed by atoms with Crippen molar-refractivity contribution in [2.45, 2.75) is 123 Å². The van der Waals surface area contributed by atoms with Crippen LogP contribution >= 0.6 is 0 Å². The molecule has 0 fully saturated rings. The summed E-state index contributed by atoms with van der Waals surface area (Å²) in [6.45, 7) is 10.2. The van der Waals surface area contributed by atoms with E-state index in [1.807, 2.05) is 13.8 Å². The average molecular weight is 389 g/mol. The largest absolute Gasteiger partial charge is 0.394 e. The zero-order valence-electron chi connectivity index (χ0n) is 18.7. The molecule has 3 atom stereocenters. The van der Waals surface area contributed by atoms with Crippen LogP contribution in [0.2, 0.25) is 0 Å². The van der Waals surface area contributed by atoms with Crippen LogP contribution in [-0.4, -0.2) is 49.8 Å². The highest BCUT2D eigenvalue weighted by molar-refractivity contribution is 4.55. The minimum Gasteiger partial charge on any atom is -0.394 e. The molecule has 0 aliphatic heterocycles. The van der Waals surface area contributed by atoms with E-state index in [1.165, 1.54) is 70.6 Å². The molecule has 164 valence electrons. The fourth-order valence-corrected chi connectivity index (χ4v) is 2.98. The Kier molecular flexibility index (Phi) is 20.4. The zero-order valence-corrected chi connectivity index (χ0v) is 18.7. The maximum absolute atomic E-state index is 8.93. The van der Waals surface area contributed by atoms with E-state index in [0.717, 1.165) is 13.0 Å². The van der Waals surface area contributed by atoms with Crippen LogP contribution in [0.15, 0.2) is 0 Å². The number of unbranched alkanes of at least 4 members (excludes halogenated alkanes) is 11. The predicted molar refractivity (Wildman–Crippen MR) is 114 cm³/mol. The Morgan fingerprint density at radius 1 is 0.556 bits per heavy atom. The Bertz CT molecular complexity index is 286. The third kappa shape index (κ3) is 20.4. The van der Waals surface area contributed by atoms with Crippen molar-refractivity contribution in [1.82, 2.24) is 0 Å². The summed E-state index contributed by atoms with van der Waals surface area (Å²) in [6, 6.07) is 0. The lowest BCUT2D eigenvalue weighted by Gasteiger charge is -2.19. The summed E-state index contributed by atoms with van der Waals surface area (Å²) in [5.74, 6) is 0. The number of hydrogen-bond acceptors (Lipinski definition) is 4. The maximum atomic E-state index is 8.93. The number of ether oxygens (including phenoxy) is 3. The van der Waals surface area contributed by atoms with Crippen molar-refractivity contribution in [2.75, 3.05) is 26.4 Å². The predicted octanol–water partition coefficient (Wildman–Crippen LogP) is 5.90. The first kappa shape index (κ1) is 26.8. The number of aliphatic hydroxyl groups is 1. The van der Waals surface area contributed by atoms with Crippen LogP contribution < -0.4 is 0 Å². The summed E-state index contributed by atoms with van der Waals surface area (Å²) in [5, 5.41) is 8.93. The lowest BCUT2D eigenvalue weighted by Crippen LogP contribution is -2.26. The van der Waals surface area contributed by atoms with Crippen molar-refractivity contribution in [3.05, 3.63) is 0 Å². The summed E-state index contributed by atoms with van der Waals surface area (Å²) < 4.78 is 17.0. The van der Waals surface area contributed by atoms with Crippen molar-refractivity contribution in [3.63, 3.8) is 0 Å². The average Bonchev–Trinajstić information content (AvgIpc) is 2.67. The van der Waals surface area contributed by atoms with Gasteiger partial charge in [-0.15, -0.1) is 0 Å². The van der Waals surface area contributed by atoms with E-state index in [1.54, 1.807) is 0 Å². The Morgan fingerprint density at radius 2 is 0.963 bits per heavy atom. The summed E-state index contributed by atoms with van der Waals surface area (Å²) in [4.78, 5) is 0. The lowest BCUT2D eigenvalue weighted by atomic mass is 10.1. The summed E-state index contributed by atoms with van der Waals surface area (Å²) in [6.07, 6.45) is 16.4. The first-order valence-electron chi connectivity index (χ1n) is 11.6. The summed E-state index contributed by atoms with van der Waals surface area (Å²) >= 11 is 0. The van der Waals surface area contributed by atoms with Crippen LogP contribution in [0.5, 0.6) is 0 Å². The number of rotatable bonds is 21. The molecule has 3 unspecified atom stereocenters. The van der Waals surface area contributed by atoms with Gasteiger partial charge in [0.15, 0.2) is 0 Å². The van der Waals surface area contributed by atoms with E-state index in [9.17, 15) is 0 Å². The van der Waals surface area contributed by atoms with Crippen LogP contribution in [-0.2, 0) is 14.2 Å². The fourth-order valence-electron chi connectivity index (χ4n) is 2.98. The Morgan fingerprint density at radius 3 is 1.44 bits per heavy atom. The molecule has 4 heteroatoms. The van der Waals surface area contributed by atoms with E-state index < -0.39 is 0 Å². The fraction of sp³-hybridized carbons (Fsp3) is 1.00. The monoisotopic (exact) mass is 388 g/mol. The van der Waals surface area contributed by atoms with Crippen molar-refractivity contribution in [2.24, 2.45) is 0 Å². The first-order valence-corrected chi connectivity index (χ1v) is 11.6. The normalized spacial score (nSPS) is 15.0. The molecular weight excluding hydrogens is 340 g/mol. The second-order valence-corrected chi connectivity index (χ2v) is 8.04. The molecule has 0 bridgehead atoms. The Balaban J connectivity index is 3.28. The SMILES string of the molecule is CCCCCCCCCCCCCCOC(C)COC(C)COC(C)CO. The maximum Gasteiger partial charge on any atom is 0.0781 e. The molecule has 0 aromatic heterocycles. The highest BCUT2D eigenvalue weighted by atomic mass is 16.6. The molecule has 0 aliphatic rings. The van der Waals surface area contributed by atoms with E-state index in [4.69, 9.17) is 19.3 Å². The molecule has 0 aliphatic carbocycles. The smallest absolute Gasteiger partial charge is 0.0781 e. The van der Waals surface area contributed by atoms with Gasteiger partial charge < -0.3 is 19.3 Å². The Hall–Kier alpha value is -0.160. The van der Waals surface area contributed by atoms with Crippen LogP contribution in [0.3, 0.4) is 0 Å². The van der Waals surface area contributed by atoms with Crippen LogP contribution in [0.4, 0.5) is 0 Å². The Labute approximate surface area is 169 Å². The van der Waals surface area contributed by atoms with Crippen molar-refractivity contribution >= 4 is 0 Å². The third-order valence-electron chi connectivity index (χ3n) is 4.89. The standard InChI is InChI=1S/C23H48O4/c1-5-6-7-8-9-10-11-12-13-14-15-16-17-25-22(3)19-27-23(4)20-26-21(2)18-24/h21-24H,5-20H2,1-4H3. The second-order valence-electron chi connectivity index (χ2n) is 8.04. The highest BCUT2D eigenvalue weighted by Gasteiger charge is 2.09. The van der Waals surface area contributed by atoms with Gasteiger partial charge in [0, 0.05) is 6.61 Å². The number of hydrogen-bond donors (Lipinski definition) is 1. The highest BCUT2D eigenvalue weighted by Crippen LogP contribution is 2.12. The minimum absolute atomic E-state index is 0.0247. The molecule has 0 spiro atoms. The molecule has 0 aromatic rings. The molecule has 0 amide bonds. The molecule has 4 nitrogen and oxygen atoms in total. The van der Waals surface area contributed by atoms with Crippen LogP contribution in [0.25, 0.3) is 0 Å². The van der Waals surface area contributed by atoms with E-state index in [0.29, 0.717) is 13.2 Å². The summed E-state index contributed by atoms with van der Waals surface area (Å²) in [7, 11) is 0. The van der Waals surface area contributed by atoms with E-state index >= 15 is 0 Å². The van der Waals surface area contributed by atoms with Crippen LogP contribution in [0.1, 0.15) is 105 Å². The molecule has 0 saturated heterocycles. The van der Waals surface area contributed by atoms with E-state index in [-0.39, 0.29) is 24.9 Å². The van der Waals surface area contributed by atoms with Crippen molar-refractivity contribution < 1.29 is 19.3 Å². The second kappa shape index (κ2) is 20.6. The molecule has 0 saturated carbocycles. The third-order valence-corrected chi connectivity index (χ3v) is 4.89. The lowest BCUT2D eigenvalue weighted by molar-refractivity contribution is -0.0746. The van der Waals surface area contributed by atoms with Gasteiger partial charge in [0.25, 0.3) is 0 Å². The van der Waals surface area contributed by atoms with Gasteiger partial charge in [-0.25, -0.2) is 0 Å². The van der Waals surface area contributed by atoms with E-state index in [2.05, 4.69) is 13.8 Å². The first-order chi connectivity index (χ1) is 13.1. The quantitative estimate of drug-likeness (QED) is 0.249. The van der Waals surface area contributed by atoms with Gasteiger partial charge in [0.2, 0.25) is 0 Å². The van der Waals surface area contributed by atoms with Gasteiger partial charge in [-0.2, -0.15) is 0 Å². The molecule has 0 heterocycles. The van der Waals surface area contributed by atoms with Crippen molar-refractivity contribution in [3.8, 4) is 0 Å². The topological polar surface area (TPSA) is 47.9 Å². The van der Waals surface area contributed by atoms with Crippen LogP contribution in [0, 0.1) is 0 Å². The number of aliphatic hydroxyl groups excluding tert-OH is 1. The molecule has 0 radical (unpaired) electrons. The molecule has 0 rings (SSSR count). The van der Waals surface area contributed by atoms with Gasteiger partial charge in [-0.3, -0.25) is 0 Å². The molecular formula is C23H48O4. The molecule has 27 heavy (non-hydrogen) atoms. The van der Waals surface area contributed by atoms with Crippen molar-refractivity contribution in [1.29, 1.82) is 0 Å². The minimum atomic E-state index is -0.129. The molecule has 0 aromatic carbocycles. The van der Waals surface area contributed by atoms with Gasteiger partial charge in [0.05, 0.1) is 38.1 Å². The molecule has 1 N–H and O–H groups in total. The van der Waals surface area contributed by atoms with Gasteiger partial charge in [-0.05, 0) is 27.2 Å². The summed E-state index contributed by atoms with van der Waals surface area (Å²) in [5.41, 5.74) is 0. The van der Waals surface area contributed by atoms with Gasteiger partial charge in [-0.1, -0.05) is 77.6 Å².